The van der Waals surface area contributed by atoms with Crippen molar-refractivity contribution in [1.82, 2.24) is 9.88 Å². The summed E-state index contributed by atoms with van der Waals surface area (Å²) in [4.78, 5) is 17.8. The number of hydrogen-bond acceptors (Lipinski definition) is 3. The second-order valence-corrected chi connectivity index (χ2v) is 6.34. The van der Waals surface area contributed by atoms with E-state index in [1.54, 1.807) is 12.1 Å². The van der Waals surface area contributed by atoms with E-state index in [9.17, 15) is 4.79 Å². The maximum atomic E-state index is 11.0. The molecule has 3 rings (SSSR count). The van der Waals surface area contributed by atoms with Gasteiger partial charge in [0.1, 0.15) is 0 Å². The number of carboxylic acid groups (broad SMARTS) is 1. The van der Waals surface area contributed by atoms with E-state index in [1.165, 1.54) is 24.0 Å². The lowest BCUT2D eigenvalue weighted by atomic mass is 9.92. The molecule has 0 amide bonds. The van der Waals surface area contributed by atoms with Crippen LogP contribution in [0.25, 0.3) is 0 Å². The summed E-state index contributed by atoms with van der Waals surface area (Å²) < 4.78 is 0. The largest absolute Gasteiger partial charge is 0.478 e. The molecule has 2 heterocycles. The molecule has 0 spiro atoms. The van der Waals surface area contributed by atoms with Crippen molar-refractivity contribution in [2.24, 2.45) is 0 Å². The number of benzene rings is 1. The van der Waals surface area contributed by atoms with Crippen LogP contribution in [0.4, 0.5) is 0 Å². The molecular formula is C19H22N2O2. The highest BCUT2D eigenvalue weighted by Gasteiger charge is 2.23. The van der Waals surface area contributed by atoms with Crippen LogP contribution in [0.1, 0.15) is 58.8 Å². The quantitative estimate of drug-likeness (QED) is 0.935. The van der Waals surface area contributed by atoms with Gasteiger partial charge in [0.15, 0.2) is 0 Å². The van der Waals surface area contributed by atoms with E-state index in [0.29, 0.717) is 11.6 Å². The zero-order valence-electron chi connectivity index (χ0n) is 13.6. The SMILES string of the molecule is CC(c1ccc(C(=O)O)cc1)c1cncc(C2CCCN2C)c1. The molecule has 0 aliphatic carbocycles. The maximum Gasteiger partial charge on any atom is 0.335 e. The van der Waals surface area contributed by atoms with Gasteiger partial charge in [-0.2, -0.15) is 0 Å². The van der Waals surface area contributed by atoms with E-state index in [4.69, 9.17) is 5.11 Å². The molecule has 1 saturated heterocycles. The Morgan fingerprint density at radius 3 is 2.61 bits per heavy atom. The Morgan fingerprint density at radius 2 is 2.00 bits per heavy atom. The third-order valence-electron chi connectivity index (χ3n) is 4.84. The number of carboxylic acids is 1. The summed E-state index contributed by atoms with van der Waals surface area (Å²) in [5, 5.41) is 9.00. The third kappa shape index (κ3) is 3.27. The van der Waals surface area contributed by atoms with Gasteiger partial charge in [0, 0.05) is 24.4 Å². The first kappa shape index (κ1) is 15.7. The molecule has 1 N–H and O–H groups in total. The summed E-state index contributed by atoms with van der Waals surface area (Å²) in [6.45, 7) is 3.27. The lowest BCUT2D eigenvalue weighted by Crippen LogP contribution is -2.17. The van der Waals surface area contributed by atoms with Crippen LogP contribution in [0.5, 0.6) is 0 Å². The predicted octanol–water partition coefficient (Wildman–Crippen LogP) is 3.70. The van der Waals surface area contributed by atoms with Gasteiger partial charge in [0.05, 0.1) is 5.56 Å². The van der Waals surface area contributed by atoms with Gasteiger partial charge in [0.25, 0.3) is 0 Å². The van der Waals surface area contributed by atoms with Crippen molar-refractivity contribution in [3.8, 4) is 0 Å². The highest BCUT2D eigenvalue weighted by molar-refractivity contribution is 5.87. The topological polar surface area (TPSA) is 53.4 Å². The Kier molecular flexibility index (Phi) is 4.44. The number of pyridine rings is 1. The number of likely N-dealkylation sites (tertiary alicyclic amines) is 1. The fraction of sp³-hybridized carbons (Fsp3) is 0.368. The Bertz CT molecular complexity index is 697. The van der Waals surface area contributed by atoms with Crippen molar-refractivity contribution in [1.29, 1.82) is 0 Å². The van der Waals surface area contributed by atoms with Gasteiger partial charge in [-0.1, -0.05) is 25.1 Å². The minimum Gasteiger partial charge on any atom is -0.478 e. The van der Waals surface area contributed by atoms with Gasteiger partial charge in [-0.05, 0) is 55.3 Å². The molecule has 1 aromatic heterocycles. The monoisotopic (exact) mass is 310 g/mol. The lowest BCUT2D eigenvalue weighted by Gasteiger charge is -2.21. The zero-order chi connectivity index (χ0) is 16.4. The Labute approximate surface area is 136 Å². The first-order valence-corrected chi connectivity index (χ1v) is 8.04. The molecule has 23 heavy (non-hydrogen) atoms. The van der Waals surface area contributed by atoms with Crippen molar-refractivity contribution in [2.45, 2.75) is 31.7 Å². The first-order valence-electron chi connectivity index (χ1n) is 8.04. The highest BCUT2D eigenvalue weighted by atomic mass is 16.4. The van der Waals surface area contributed by atoms with E-state index in [1.807, 2.05) is 24.5 Å². The summed E-state index contributed by atoms with van der Waals surface area (Å²) in [5.74, 6) is -0.700. The Hall–Kier alpha value is -2.20. The first-order chi connectivity index (χ1) is 11.1. The Balaban J connectivity index is 1.84. The lowest BCUT2D eigenvalue weighted by molar-refractivity contribution is 0.0697. The smallest absolute Gasteiger partial charge is 0.335 e. The zero-order valence-corrected chi connectivity index (χ0v) is 13.6. The van der Waals surface area contributed by atoms with Gasteiger partial charge in [-0.25, -0.2) is 4.79 Å². The minimum atomic E-state index is -0.892. The predicted molar refractivity (Wildman–Crippen MR) is 89.8 cm³/mol. The van der Waals surface area contributed by atoms with Crippen molar-refractivity contribution < 1.29 is 9.90 Å². The van der Waals surface area contributed by atoms with Crippen LogP contribution in [0, 0.1) is 0 Å². The molecule has 0 saturated carbocycles. The minimum absolute atomic E-state index is 0.192. The molecule has 0 bridgehead atoms. The number of aromatic carboxylic acids is 1. The fourth-order valence-electron chi connectivity index (χ4n) is 3.33. The second-order valence-electron chi connectivity index (χ2n) is 6.34. The van der Waals surface area contributed by atoms with Crippen LogP contribution in [-0.4, -0.2) is 34.6 Å². The third-order valence-corrected chi connectivity index (χ3v) is 4.84. The molecule has 1 aromatic carbocycles. The van der Waals surface area contributed by atoms with E-state index >= 15 is 0 Å². The van der Waals surface area contributed by atoms with Crippen molar-refractivity contribution >= 4 is 5.97 Å². The van der Waals surface area contributed by atoms with Crippen LogP contribution in [0.2, 0.25) is 0 Å². The average molecular weight is 310 g/mol. The number of hydrogen-bond donors (Lipinski definition) is 1. The number of carbonyl (C=O) groups is 1. The van der Waals surface area contributed by atoms with Gasteiger partial charge >= 0.3 is 5.97 Å². The molecule has 1 fully saturated rings. The molecule has 4 heteroatoms. The Morgan fingerprint density at radius 1 is 1.26 bits per heavy atom. The highest BCUT2D eigenvalue weighted by Crippen LogP contribution is 2.32. The van der Waals surface area contributed by atoms with E-state index in [0.717, 1.165) is 12.1 Å². The van der Waals surface area contributed by atoms with Crippen LogP contribution in [0.15, 0.2) is 42.7 Å². The van der Waals surface area contributed by atoms with E-state index in [2.05, 4.69) is 29.9 Å². The molecular weight excluding hydrogens is 288 g/mol. The summed E-state index contributed by atoms with van der Waals surface area (Å²) in [5.41, 5.74) is 3.87. The van der Waals surface area contributed by atoms with E-state index in [-0.39, 0.29) is 5.92 Å². The fourth-order valence-corrected chi connectivity index (χ4v) is 3.33. The summed E-state index contributed by atoms with van der Waals surface area (Å²) in [7, 11) is 2.17. The van der Waals surface area contributed by atoms with E-state index < -0.39 is 5.97 Å². The summed E-state index contributed by atoms with van der Waals surface area (Å²) in [6.07, 6.45) is 6.30. The maximum absolute atomic E-state index is 11.0. The number of rotatable bonds is 4. The van der Waals surface area contributed by atoms with Gasteiger partial charge in [-0.3, -0.25) is 9.88 Å². The summed E-state index contributed by atoms with van der Waals surface area (Å²) in [6, 6.07) is 9.82. The standard InChI is InChI=1S/C19H22N2O2/c1-13(14-5-7-15(8-6-14)19(22)23)16-10-17(12-20-11-16)18-4-3-9-21(18)2/h5-8,10-13,18H,3-4,9H2,1-2H3,(H,22,23). The molecule has 1 aliphatic rings. The second kappa shape index (κ2) is 6.50. The van der Waals surface area contributed by atoms with Crippen molar-refractivity contribution in [2.75, 3.05) is 13.6 Å². The van der Waals surface area contributed by atoms with Crippen molar-refractivity contribution in [3.63, 3.8) is 0 Å². The van der Waals surface area contributed by atoms with Gasteiger partial charge in [-0.15, -0.1) is 0 Å². The molecule has 2 aromatic rings. The van der Waals surface area contributed by atoms with Crippen LogP contribution in [-0.2, 0) is 0 Å². The summed E-state index contributed by atoms with van der Waals surface area (Å²) >= 11 is 0. The molecule has 4 nitrogen and oxygen atoms in total. The number of nitrogens with zero attached hydrogens (tertiary/aromatic N) is 2. The van der Waals surface area contributed by atoms with Crippen molar-refractivity contribution in [3.05, 3.63) is 65.0 Å². The molecule has 2 atom stereocenters. The van der Waals surface area contributed by atoms with Gasteiger partial charge in [0.2, 0.25) is 0 Å². The normalized spacial score (nSPS) is 19.7. The molecule has 0 radical (unpaired) electrons. The van der Waals surface area contributed by atoms with Gasteiger partial charge < -0.3 is 5.11 Å². The average Bonchev–Trinajstić information content (AvgIpc) is 3.00. The van der Waals surface area contributed by atoms with Crippen LogP contribution in [0.3, 0.4) is 0 Å². The van der Waals surface area contributed by atoms with Crippen LogP contribution < -0.4 is 0 Å². The number of aromatic nitrogens is 1. The molecule has 120 valence electrons. The molecule has 2 unspecified atom stereocenters. The molecule has 1 aliphatic heterocycles. The van der Waals surface area contributed by atoms with Crippen LogP contribution >= 0.6 is 0 Å².